The van der Waals surface area contributed by atoms with Crippen molar-refractivity contribution in [3.8, 4) is 0 Å². The van der Waals surface area contributed by atoms with Crippen molar-refractivity contribution in [2.24, 2.45) is 5.41 Å². The summed E-state index contributed by atoms with van der Waals surface area (Å²) >= 11 is 4.58. The van der Waals surface area contributed by atoms with E-state index in [9.17, 15) is 4.57 Å². The Kier molecular flexibility index (Phi) is 7.12. The number of hydrogen-bond donors (Lipinski definition) is 1. The predicted octanol–water partition coefficient (Wildman–Crippen LogP) is 4.57. The van der Waals surface area contributed by atoms with E-state index in [0.717, 1.165) is 0 Å². The Morgan fingerprint density at radius 1 is 1.05 bits per heavy atom. The molecule has 0 bridgehead atoms. The molecule has 0 radical (unpaired) electrons. The average Bonchev–Trinajstić information content (AvgIpc) is 2.13. The van der Waals surface area contributed by atoms with Crippen LogP contribution < -0.4 is 0 Å². The van der Waals surface area contributed by atoms with E-state index >= 15 is 0 Å². The molecule has 0 saturated heterocycles. The standard InChI is InChI=1S/C13H30NO3PS/c1-9-16-18(15,17-10-2)11(12(3,4)5)14(19)13(6,7)8/h11,19H,9-10H2,1-8H3. The summed E-state index contributed by atoms with van der Waals surface area (Å²) in [7, 11) is -3.25. The SMILES string of the molecule is CCOP(=O)(OCC)C(N(S)C(C)(C)C)C(C)(C)C. The molecule has 6 heteroatoms. The molecule has 0 heterocycles. The molecule has 0 aromatic carbocycles. The Labute approximate surface area is 124 Å². The van der Waals surface area contributed by atoms with Gasteiger partial charge in [-0.25, -0.2) is 4.31 Å². The summed E-state index contributed by atoms with van der Waals surface area (Å²) in [4.78, 5) is 0. The van der Waals surface area contributed by atoms with E-state index < -0.39 is 13.4 Å². The minimum Gasteiger partial charge on any atom is -0.308 e. The predicted molar refractivity (Wildman–Crippen MR) is 84.7 cm³/mol. The van der Waals surface area contributed by atoms with E-state index in [4.69, 9.17) is 9.05 Å². The maximum atomic E-state index is 13.1. The van der Waals surface area contributed by atoms with Gasteiger partial charge >= 0.3 is 7.60 Å². The number of thiol groups is 1. The van der Waals surface area contributed by atoms with Crippen LogP contribution in [0.4, 0.5) is 0 Å². The van der Waals surface area contributed by atoms with E-state index in [0.29, 0.717) is 13.2 Å². The minimum atomic E-state index is -3.25. The molecule has 116 valence electrons. The van der Waals surface area contributed by atoms with E-state index in [2.05, 4.69) is 12.8 Å². The van der Waals surface area contributed by atoms with Crippen molar-refractivity contribution in [3.63, 3.8) is 0 Å². The van der Waals surface area contributed by atoms with Gasteiger partial charge in [0.1, 0.15) is 5.78 Å². The Bertz CT molecular complexity index is 313. The summed E-state index contributed by atoms with van der Waals surface area (Å²) in [6.07, 6.45) is 0. The molecule has 0 aromatic rings. The molecule has 0 aliphatic rings. The lowest BCUT2D eigenvalue weighted by molar-refractivity contribution is 0.119. The fourth-order valence-electron chi connectivity index (χ4n) is 1.88. The van der Waals surface area contributed by atoms with Gasteiger partial charge in [0.2, 0.25) is 0 Å². The van der Waals surface area contributed by atoms with Crippen LogP contribution in [0.25, 0.3) is 0 Å². The van der Waals surface area contributed by atoms with Crippen LogP contribution in [0.1, 0.15) is 55.4 Å². The summed E-state index contributed by atoms with van der Waals surface area (Å²) in [6.45, 7) is 16.5. The van der Waals surface area contributed by atoms with Gasteiger partial charge in [0, 0.05) is 5.54 Å². The highest BCUT2D eigenvalue weighted by Gasteiger charge is 2.49. The minimum absolute atomic E-state index is 0.245. The van der Waals surface area contributed by atoms with E-state index in [1.165, 1.54) is 0 Å². The van der Waals surface area contributed by atoms with Gasteiger partial charge in [-0.3, -0.25) is 4.57 Å². The number of rotatable bonds is 6. The second-order valence-electron chi connectivity index (χ2n) is 6.63. The summed E-state index contributed by atoms with van der Waals surface area (Å²) < 4.78 is 26.0. The molecule has 0 aromatic heterocycles. The summed E-state index contributed by atoms with van der Waals surface area (Å²) in [5.74, 6) is -0.414. The van der Waals surface area contributed by atoms with E-state index in [1.807, 2.05) is 55.4 Å². The Balaban J connectivity index is 5.64. The topological polar surface area (TPSA) is 38.8 Å². The second-order valence-corrected chi connectivity index (χ2v) is 9.15. The monoisotopic (exact) mass is 311 g/mol. The lowest BCUT2D eigenvalue weighted by atomic mass is 9.94. The van der Waals surface area contributed by atoms with Gasteiger partial charge in [0.25, 0.3) is 0 Å². The van der Waals surface area contributed by atoms with Crippen LogP contribution in [0.5, 0.6) is 0 Å². The van der Waals surface area contributed by atoms with Gasteiger partial charge in [0.15, 0.2) is 0 Å². The van der Waals surface area contributed by atoms with Gasteiger partial charge < -0.3 is 9.05 Å². The highest BCUT2D eigenvalue weighted by molar-refractivity contribution is 7.78. The van der Waals surface area contributed by atoms with Crippen molar-refractivity contribution in [1.29, 1.82) is 0 Å². The molecule has 0 amide bonds. The molecule has 0 N–H and O–H groups in total. The molecular formula is C13H30NO3PS. The van der Waals surface area contributed by atoms with E-state index in [-0.39, 0.29) is 11.0 Å². The van der Waals surface area contributed by atoms with Gasteiger partial charge in [-0.15, -0.1) is 0 Å². The Hall–Kier alpha value is 0.460. The van der Waals surface area contributed by atoms with Crippen LogP contribution >= 0.6 is 20.4 Å². The second kappa shape index (κ2) is 6.95. The molecule has 0 fully saturated rings. The maximum Gasteiger partial charge on any atom is 0.349 e. The first-order valence-electron chi connectivity index (χ1n) is 6.77. The van der Waals surface area contributed by atoms with Crippen LogP contribution in [0, 0.1) is 5.41 Å². The zero-order valence-electron chi connectivity index (χ0n) is 13.6. The molecule has 1 unspecified atom stereocenters. The molecular weight excluding hydrogens is 281 g/mol. The van der Waals surface area contributed by atoms with Crippen LogP contribution in [-0.4, -0.2) is 28.8 Å². The number of hydrogen-bond acceptors (Lipinski definition) is 5. The maximum absolute atomic E-state index is 13.1. The van der Waals surface area contributed by atoms with Crippen molar-refractivity contribution in [2.45, 2.75) is 66.7 Å². The van der Waals surface area contributed by atoms with Crippen LogP contribution in [0.15, 0.2) is 0 Å². The zero-order valence-corrected chi connectivity index (χ0v) is 15.3. The molecule has 1 atom stereocenters. The lowest BCUT2D eigenvalue weighted by Gasteiger charge is -2.45. The smallest absolute Gasteiger partial charge is 0.308 e. The first kappa shape index (κ1) is 19.5. The zero-order chi connectivity index (χ0) is 15.5. The van der Waals surface area contributed by atoms with Gasteiger partial charge in [-0.1, -0.05) is 33.6 Å². The first-order chi connectivity index (χ1) is 8.40. The van der Waals surface area contributed by atoms with Crippen LogP contribution in [-0.2, 0) is 13.6 Å². The molecule has 0 saturated carbocycles. The fourth-order valence-corrected chi connectivity index (χ4v) is 5.25. The van der Waals surface area contributed by atoms with Crippen molar-refractivity contribution in [3.05, 3.63) is 0 Å². The summed E-state index contributed by atoms with van der Waals surface area (Å²) in [5.41, 5.74) is -0.528. The summed E-state index contributed by atoms with van der Waals surface area (Å²) in [6, 6.07) is 0. The average molecular weight is 311 g/mol. The quantitative estimate of drug-likeness (QED) is 0.576. The Morgan fingerprint density at radius 2 is 1.42 bits per heavy atom. The van der Waals surface area contributed by atoms with Crippen LogP contribution in [0.2, 0.25) is 0 Å². The molecule has 0 aliphatic carbocycles. The molecule has 0 rings (SSSR count). The molecule has 19 heavy (non-hydrogen) atoms. The Morgan fingerprint density at radius 3 is 1.63 bits per heavy atom. The van der Waals surface area contributed by atoms with Gasteiger partial charge in [-0.2, -0.15) is 0 Å². The van der Waals surface area contributed by atoms with Crippen molar-refractivity contribution >= 4 is 20.4 Å². The lowest BCUT2D eigenvalue weighted by Crippen LogP contribution is -2.48. The third-order valence-electron chi connectivity index (χ3n) is 2.61. The third kappa shape index (κ3) is 5.39. The van der Waals surface area contributed by atoms with Gasteiger partial charge in [0.05, 0.1) is 13.2 Å². The highest BCUT2D eigenvalue weighted by Crippen LogP contribution is 2.61. The summed E-state index contributed by atoms with van der Waals surface area (Å²) in [5, 5.41) is 0. The van der Waals surface area contributed by atoms with Gasteiger partial charge in [-0.05, 0) is 40.0 Å². The first-order valence-corrected chi connectivity index (χ1v) is 8.78. The van der Waals surface area contributed by atoms with Crippen molar-refractivity contribution in [2.75, 3.05) is 13.2 Å². The number of nitrogens with zero attached hydrogens (tertiary/aromatic N) is 1. The largest absolute Gasteiger partial charge is 0.349 e. The normalized spacial score (nSPS) is 15.9. The molecule has 0 spiro atoms. The van der Waals surface area contributed by atoms with E-state index in [1.54, 1.807) is 4.31 Å². The third-order valence-corrected chi connectivity index (χ3v) is 6.47. The molecule has 0 aliphatic heterocycles. The van der Waals surface area contributed by atoms with Crippen molar-refractivity contribution in [1.82, 2.24) is 4.31 Å². The highest BCUT2D eigenvalue weighted by atomic mass is 32.1. The fraction of sp³-hybridized carbons (Fsp3) is 1.00. The van der Waals surface area contributed by atoms with Crippen LogP contribution in [0.3, 0.4) is 0 Å². The van der Waals surface area contributed by atoms with Crippen molar-refractivity contribution < 1.29 is 13.6 Å². The molecule has 4 nitrogen and oxygen atoms in total.